The third-order valence-electron chi connectivity index (χ3n) is 5.74. The molecule has 2 unspecified atom stereocenters. The van der Waals surface area contributed by atoms with Crippen molar-refractivity contribution >= 4 is 60.9 Å². The third-order valence-corrected chi connectivity index (χ3v) is 7.45. The number of nitrogens with one attached hydrogen (secondary N) is 1. The number of ether oxygens (including phenoxy) is 2. The lowest BCUT2D eigenvalue weighted by atomic mass is 9.84. The summed E-state index contributed by atoms with van der Waals surface area (Å²) in [6.07, 6.45) is 0.784. The molecule has 1 aliphatic rings. The quantitative estimate of drug-likeness (QED) is 0.288. The van der Waals surface area contributed by atoms with Gasteiger partial charge in [0.25, 0.3) is 0 Å². The molecule has 3 heterocycles. The molecular formula is C23H25BrClN3O3S. The molecule has 1 aromatic carbocycles. The maximum atomic E-state index is 12.5. The molecule has 0 radical (unpaired) electrons. The van der Waals surface area contributed by atoms with Crippen LogP contribution >= 0.6 is 38.9 Å². The van der Waals surface area contributed by atoms with Crippen LogP contribution < -0.4 is 5.32 Å². The van der Waals surface area contributed by atoms with Crippen LogP contribution in [-0.4, -0.2) is 35.8 Å². The predicted octanol–water partition coefficient (Wildman–Crippen LogP) is 6.14. The van der Waals surface area contributed by atoms with Crippen LogP contribution in [0.15, 0.2) is 34.1 Å². The second kappa shape index (κ2) is 9.63. The highest BCUT2D eigenvalue weighted by Crippen LogP contribution is 2.39. The molecule has 0 aliphatic carbocycles. The maximum absolute atomic E-state index is 12.5. The van der Waals surface area contributed by atoms with E-state index in [2.05, 4.69) is 43.3 Å². The molecule has 0 bridgehead atoms. The summed E-state index contributed by atoms with van der Waals surface area (Å²) < 4.78 is 12.1. The van der Waals surface area contributed by atoms with E-state index in [1.165, 1.54) is 11.3 Å². The van der Waals surface area contributed by atoms with Gasteiger partial charge in [0, 0.05) is 13.0 Å². The van der Waals surface area contributed by atoms with Crippen LogP contribution in [0.1, 0.15) is 44.2 Å². The zero-order chi connectivity index (χ0) is 22.9. The van der Waals surface area contributed by atoms with Gasteiger partial charge in [0.2, 0.25) is 5.28 Å². The Morgan fingerprint density at radius 3 is 2.72 bits per heavy atom. The van der Waals surface area contributed by atoms with Crippen molar-refractivity contribution in [3.8, 4) is 0 Å². The summed E-state index contributed by atoms with van der Waals surface area (Å²) in [7, 11) is 0. The van der Waals surface area contributed by atoms with Crippen molar-refractivity contribution in [3.63, 3.8) is 0 Å². The SMILES string of the molecule is CCOC(=O)C(c1ccc(C2(Nc3nc(Cl)nc4sc(Br)cc34)CCOC2)cc1)C(C)C. The molecule has 2 aromatic heterocycles. The van der Waals surface area contributed by atoms with Crippen molar-refractivity contribution in [3.05, 3.63) is 50.5 Å². The average molecular weight is 539 g/mol. The van der Waals surface area contributed by atoms with Gasteiger partial charge in [-0.25, -0.2) is 9.97 Å². The number of anilines is 1. The predicted molar refractivity (Wildman–Crippen MR) is 132 cm³/mol. The highest BCUT2D eigenvalue weighted by molar-refractivity contribution is 9.11. The number of hydrogen-bond donors (Lipinski definition) is 1. The number of nitrogens with zero attached hydrogens (tertiary/aromatic N) is 2. The van der Waals surface area contributed by atoms with Crippen molar-refractivity contribution in [1.29, 1.82) is 0 Å². The number of esters is 1. The lowest BCUT2D eigenvalue weighted by Gasteiger charge is -2.31. The number of halogens is 2. The van der Waals surface area contributed by atoms with E-state index in [1.807, 2.05) is 39.0 Å². The molecular weight excluding hydrogens is 514 g/mol. The normalized spacial score (nSPS) is 19.4. The molecule has 1 N–H and O–H groups in total. The Morgan fingerprint density at radius 2 is 2.09 bits per heavy atom. The number of fused-ring (bicyclic) bond motifs is 1. The molecule has 6 nitrogen and oxygen atoms in total. The zero-order valence-corrected chi connectivity index (χ0v) is 21.3. The minimum atomic E-state index is -0.450. The van der Waals surface area contributed by atoms with Gasteiger partial charge < -0.3 is 14.8 Å². The molecule has 32 heavy (non-hydrogen) atoms. The molecule has 1 saturated heterocycles. The molecule has 4 rings (SSSR count). The van der Waals surface area contributed by atoms with Crippen molar-refractivity contribution in [2.24, 2.45) is 5.92 Å². The van der Waals surface area contributed by atoms with E-state index < -0.39 is 5.54 Å². The highest BCUT2D eigenvalue weighted by Gasteiger charge is 2.38. The first-order valence-electron chi connectivity index (χ1n) is 10.6. The fraction of sp³-hybridized carbons (Fsp3) is 0.435. The Morgan fingerprint density at radius 1 is 1.34 bits per heavy atom. The smallest absolute Gasteiger partial charge is 0.313 e. The number of benzene rings is 1. The Hall–Kier alpha value is -1.74. The largest absolute Gasteiger partial charge is 0.466 e. The third kappa shape index (κ3) is 4.64. The van der Waals surface area contributed by atoms with E-state index in [0.29, 0.717) is 25.6 Å². The summed E-state index contributed by atoms with van der Waals surface area (Å²) in [5, 5.41) is 4.73. The average Bonchev–Trinajstić information content (AvgIpc) is 3.35. The summed E-state index contributed by atoms with van der Waals surface area (Å²) in [6.45, 7) is 7.42. The highest BCUT2D eigenvalue weighted by atomic mass is 79.9. The summed E-state index contributed by atoms with van der Waals surface area (Å²) in [4.78, 5) is 22.1. The minimum Gasteiger partial charge on any atom is -0.466 e. The number of carbonyl (C=O) groups is 1. The number of hydrogen-bond acceptors (Lipinski definition) is 7. The minimum absolute atomic E-state index is 0.135. The molecule has 3 aromatic rings. The molecule has 0 spiro atoms. The lowest BCUT2D eigenvalue weighted by molar-refractivity contribution is -0.146. The van der Waals surface area contributed by atoms with Crippen molar-refractivity contribution in [1.82, 2.24) is 9.97 Å². The van der Waals surface area contributed by atoms with Gasteiger partial charge in [-0.2, -0.15) is 0 Å². The van der Waals surface area contributed by atoms with Crippen molar-refractivity contribution in [2.45, 2.75) is 38.6 Å². The summed E-state index contributed by atoms with van der Waals surface area (Å²) in [5.74, 6) is 0.336. The summed E-state index contributed by atoms with van der Waals surface area (Å²) in [6, 6.07) is 10.2. The fourth-order valence-corrected chi connectivity index (χ4v) is 5.85. The van der Waals surface area contributed by atoms with Gasteiger partial charge in [-0.3, -0.25) is 4.79 Å². The Bertz CT molecular complexity index is 1110. The van der Waals surface area contributed by atoms with Gasteiger partial charge in [0.05, 0.1) is 33.8 Å². The number of carbonyl (C=O) groups excluding carboxylic acids is 1. The van der Waals surface area contributed by atoms with Gasteiger partial charge >= 0.3 is 5.97 Å². The van der Waals surface area contributed by atoms with Gasteiger partial charge in [0.1, 0.15) is 10.6 Å². The van der Waals surface area contributed by atoms with E-state index in [1.54, 1.807) is 0 Å². The topological polar surface area (TPSA) is 73.3 Å². The molecule has 9 heteroatoms. The van der Waals surface area contributed by atoms with Gasteiger partial charge in [-0.1, -0.05) is 38.1 Å². The second-order valence-corrected chi connectivity index (χ2v) is 11.0. The Labute approximate surface area is 204 Å². The molecule has 1 fully saturated rings. The number of rotatable bonds is 7. The monoisotopic (exact) mass is 537 g/mol. The zero-order valence-electron chi connectivity index (χ0n) is 18.2. The van der Waals surface area contributed by atoms with E-state index in [-0.39, 0.29) is 23.1 Å². The molecule has 170 valence electrons. The van der Waals surface area contributed by atoms with Gasteiger partial charge in [-0.05, 0) is 57.6 Å². The van der Waals surface area contributed by atoms with Crippen LogP contribution in [0.25, 0.3) is 10.2 Å². The van der Waals surface area contributed by atoms with Crippen molar-refractivity contribution in [2.75, 3.05) is 25.1 Å². The van der Waals surface area contributed by atoms with Crippen LogP contribution in [0.3, 0.4) is 0 Å². The molecule has 0 saturated carbocycles. The Balaban J connectivity index is 1.68. The van der Waals surface area contributed by atoms with E-state index in [0.717, 1.165) is 31.6 Å². The van der Waals surface area contributed by atoms with Crippen LogP contribution in [-0.2, 0) is 19.8 Å². The first-order valence-corrected chi connectivity index (χ1v) is 12.6. The van der Waals surface area contributed by atoms with E-state index in [9.17, 15) is 4.79 Å². The van der Waals surface area contributed by atoms with Crippen molar-refractivity contribution < 1.29 is 14.3 Å². The number of aromatic nitrogens is 2. The maximum Gasteiger partial charge on any atom is 0.313 e. The second-order valence-electron chi connectivity index (χ2n) is 8.22. The summed E-state index contributed by atoms with van der Waals surface area (Å²) >= 11 is 11.2. The van der Waals surface area contributed by atoms with E-state index in [4.69, 9.17) is 21.1 Å². The lowest BCUT2D eigenvalue weighted by Crippen LogP contribution is -2.36. The molecule has 2 atom stereocenters. The van der Waals surface area contributed by atoms with Crippen LogP contribution in [0.5, 0.6) is 0 Å². The molecule has 0 amide bonds. The van der Waals surface area contributed by atoms with E-state index >= 15 is 0 Å². The van der Waals surface area contributed by atoms with Gasteiger partial charge in [0.15, 0.2) is 0 Å². The van der Waals surface area contributed by atoms with Crippen LogP contribution in [0, 0.1) is 5.92 Å². The van der Waals surface area contributed by atoms with Gasteiger partial charge in [-0.15, -0.1) is 11.3 Å². The first kappa shape index (κ1) is 23.4. The number of thiophene rings is 1. The standard InChI is InChI=1S/C23H25BrClN3O3S/c1-4-31-21(29)18(13(2)3)14-5-7-15(8-6-14)23(9-10-30-12-23)28-19-16-11-17(24)32-20(16)27-22(25)26-19/h5-8,11,13,18H,4,9-10,12H2,1-3H3,(H,26,27,28). The van der Waals surface area contributed by atoms with Crippen LogP contribution in [0.4, 0.5) is 5.82 Å². The van der Waals surface area contributed by atoms with Crippen LogP contribution in [0.2, 0.25) is 5.28 Å². The fourth-order valence-electron chi connectivity index (χ4n) is 4.19. The summed E-state index contributed by atoms with van der Waals surface area (Å²) in [5.41, 5.74) is 1.57. The Kier molecular flexibility index (Phi) is 7.05. The molecule has 1 aliphatic heterocycles. The first-order chi connectivity index (χ1) is 15.3.